The summed E-state index contributed by atoms with van der Waals surface area (Å²) in [6.45, 7) is 1.17. The van der Waals surface area contributed by atoms with Gasteiger partial charge in [-0.1, -0.05) is 12.1 Å². The lowest BCUT2D eigenvalue weighted by Gasteiger charge is -2.34. The second-order valence-corrected chi connectivity index (χ2v) is 7.48. The van der Waals surface area contributed by atoms with Crippen molar-refractivity contribution in [3.05, 3.63) is 47.5 Å². The molecule has 0 aliphatic carbocycles. The molecule has 1 aliphatic rings. The van der Waals surface area contributed by atoms with E-state index in [2.05, 4.69) is 0 Å². The summed E-state index contributed by atoms with van der Waals surface area (Å²) >= 11 is 0. The molecule has 3 unspecified atom stereocenters. The smallest absolute Gasteiger partial charge is 0.303 e. The molecule has 0 amide bonds. The van der Waals surface area contributed by atoms with Gasteiger partial charge >= 0.3 is 5.97 Å². The van der Waals surface area contributed by atoms with Crippen molar-refractivity contribution >= 4 is 5.97 Å². The monoisotopic (exact) mass is 432 g/mol. The van der Waals surface area contributed by atoms with Crippen LogP contribution < -0.4 is 14.2 Å². The number of hydrogen-bond acceptors (Lipinski definition) is 8. The van der Waals surface area contributed by atoms with Crippen LogP contribution >= 0.6 is 0 Å². The predicted octanol–water partition coefficient (Wildman–Crippen LogP) is 2.64. The number of methoxy groups -OCH3 is 3. The van der Waals surface area contributed by atoms with Crippen molar-refractivity contribution < 1.29 is 38.7 Å². The average Bonchev–Trinajstić information content (AvgIpc) is 3.11. The Morgan fingerprint density at radius 1 is 1.06 bits per heavy atom. The van der Waals surface area contributed by atoms with Gasteiger partial charge in [0.25, 0.3) is 0 Å². The van der Waals surface area contributed by atoms with Crippen LogP contribution in [-0.4, -0.2) is 56.3 Å². The molecule has 1 heterocycles. The molecule has 1 aliphatic heterocycles. The van der Waals surface area contributed by atoms with Gasteiger partial charge in [0.15, 0.2) is 23.0 Å². The number of esters is 1. The van der Waals surface area contributed by atoms with E-state index in [9.17, 15) is 15.0 Å². The molecule has 1 saturated heterocycles. The van der Waals surface area contributed by atoms with Gasteiger partial charge in [0.2, 0.25) is 0 Å². The summed E-state index contributed by atoms with van der Waals surface area (Å²) in [6.07, 6.45) is -0.249. The molecule has 168 valence electrons. The predicted molar refractivity (Wildman–Crippen MR) is 112 cm³/mol. The van der Waals surface area contributed by atoms with Crippen LogP contribution in [0.15, 0.2) is 36.4 Å². The third-order valence-corrected chi connectivity index (χ3v) is 5.58. The van der Waals surface area contributed by atoms with Gasteiger partial charge in [-0.25, -0.2) is 0 Å². The van der Waals surface area contributed by atoms with Crippen molar-refractivity contribution in [2.75, 3.05) is 34.5 Å². The van der Waals surface area contributed by atoms with E-state index in [1.165, 1.54) is 20.1 Å². The molecule has 8 heteroatoms. The first-order chi connectivity index (χ1) is 14.9. The number of aliphatic hydroxyl groups excluding tert-OH is 1. The maximum atomic E-state index is 12.0. The number of rotatable bonds is 8. The topological polar surface area (TPSA) is 104 Å². The summed E-state index contributed by atoms with van der Waals surface area (Å²) in [5, 5.41) is 20.2. The SMILES string of the molecule is COc1cc(CC2(OC(C)=O)COC(c3ccc(OC)c(OC)c3)C2CO)ccc1O. The Labute approximate surface area is 181 Å². The molecule has 3 rings (SSSR count). The van der Waals surface area contributed by atoms with Crippen LogP contribution in [0.25, 0.3) is 0 Å². The number of benzene rings is 2. The molecular formula is C23H28O8. The number of aromatic hydroxyl groups is 1. The van der Waals surface area contributed by atoms with Gasteiger partial charge in [-0.05, 0) is 35.4 Å². The van der Waals surface area contributed by atoms with E-state index in [1.807, 2.05) is 6.07 Å². The van der Waals surface area contributed by atoms with Gasteiger partial charge in [-0.3, -0.25) is 4.79 Å². The van der Waals surface area contributed by atoms with E-state index in [0.717, 1.165) is 11.1 Å². The standard InChI is InChI=1S/C23H28O8/c1-14(25)31-23(11-15-5-7-18(26)20(9-15)28-3)13-30-22(17(23)12-24)16-6-8-19(27-2)21(10-16)29-4/h5-10,17,22,24,26H,11-13H2,1-4H3. The van der Waals surface area contributed by atoms with Crippen LogP contribution in [0, 0.1) is 5.92 Å². The average molecular weight is 432 g/mol. The van der Waals surface area contributed by atoms with Crippen molar-refractivity contribution in [2.24, 2.45) is 5.92 Å². The lowest BCUT2D eigenvalue weighted by atomic mass is 9.80. The fourth-order valence-electron chi connectivity index (χ4n) is 4.14. The Balaban J connectivity index is 1.98. The molecule has 0 radical (unpaired) electrons. The molecule has 8 nitrogen and oxygen atoms in total. The normalized spacial score (nSPS) is 22.7. The van der Waals surface area contributed by atoms with Gasteiger partial charge in [-0.15, -0.1) is 0 Å². The summed E-state index contributed by atoms with van der Waals surface area (Å²) in [6, 6.07) is 10.3. The second kappa shape index (κ2) is 9.45. The van der Waals surface area contributed by atoms with Gasteiger partial charge in [0, 0.05) is 13.3 Å². The molecule has 0 bridgehead atoms. The van der Waals surface area contributed by atoms with E-state index in [1.54, 1.807) is 38.5 Å². The maximum Gasteiger partial charge on any atom is 0.303 e. The van der Waals surface area contributed by atoms with Gasteiger partial charge < -0.3 is 33.9 Å². The zero-order chi connectivity index (χ0) is 22.6. The Morgan fingerprint density at radius 2 is 1.77 bits per heavy atom. The highest BCUT2D eigenvalue weighted by Crippen LogP contribution is 2.46. The van der Waals surface area contributed by atoms with Gasteiger partial charge in [-0.2, -0.15) is 0 Å². The number of carbonyl (C=O) groups is 1. The first-order valence-corrected chi connectivity index (χ1v) is 9.87. The number of phenolic OH excluding ortho intramolecular Hbond substituents is 1. The van der Waals surface area contributed by atoms with Crippen molar-refractivity contribution in [1.82, 2.24) is 0 Å². The van der Waals surface area contributed by atoms with E-state index in [-0.39, 0.29) is 25.4 Å². The zero-order valence-corrected chi connectivity index (χ0v) is 18.1. The number of ether oxygens (including phenoxy) is 5. The highest BCUT2D eigenvalue weighted by Gasteiger charge is 2.52. The number of phenols is 1. The molecule has 2 aromatic rings. The minimum absolute atomic E-state index is 0.0115. The van der Waals surface area contributed by atoms with E-state index >= 15 is 0 Å². The quantitative estimate of drug-likeness (QED) is 0.614. The minimum Gasteiger partial charge on any atom is -0.504 e. The molecule has 0 spiro atoms. The Morgan fingerprint density at radius 3 is 2.39 bits per heavy atom. The van der Waals surface area contributed by atoms with E-state index in [4.69, 9.17) is 23.7 Å². The molecule has 3 atom stereocenters. The first kappa shape index (κ1) is 22.7. The van der Waals surface area contributed by atoms with E-state index in [0.29, 0.717) is 17.2 Å². The Hall–Kier alpha value is -2.97. The molecule has 2 N–H and O–H groups in total. The number of aliphatic hydroxyl groups is 1. The van der Waals surface area contributed by atoms with Crippen molar-refractivity contribution in [3.8, 4) is 23.0 Å². The Kier molecular flexibility index (Phi) is 6.92. The van der Waals surface area contributed by atoms with Crippen LogP contribution in [0.1, 0.15) is 24.2 Å². The lowest BCUT2D eigenvalue weighted by Crippen LogP contribution is -2.46. The first-order valence-electron chi connectivity index (χ1n) is 9.87. The number of carbonyl (C=O) groups excluding carboxylic acids is 1. The Bertz CT molecular complexity index is 928. The molecule has 2 aromatic carbocycles. The minimum atomic E-state index is -1.10. The van der Waals surface area contributed by atoms with Crippen LogP contribution in [0.4, 0.5) is 0 Å². The maximum absolute atomic E-state index is 12.0. The summed E-state index contributed by atoms with van der Waals surface area (Å²) < 4.78 is 27.7. The van der Waals surface area contributed by atoms with Gasteiger partial charge in [0.05, 0.1) is 46.6 Å². The highest BCUT2D eigenvalue weighted by molar-refractivity contribution is 5.67. The van der Waals surface area contributed by atoms with Crippen LogP contribution in [0.2, 0.25) is 0 Å². The third kappa shape index (κ3) is 4.55. The fraction of sp³-hybridized carbons (Fsp3) is 0.435. The second-order valence-electron chi connectivity index (χ2n) is 7.48. The van der Waals surface area contributed by atoms with Crippen LogP contribution in [-0.2, 0) is 20.7 Å². The van der Waals surface area contributed by atoms with Crippen LogP contribution in [0.3, 0.4) is 0 Å². The third-order valence-electron chi connectivity index (χ3n) is 5.58. The fourth-order valence-corrected chi connectivity index (χ4v) is 4.14. The molecular weight excluding hydrogens is 404 g/mol. The summed E-state index contributed by atoms with van der Waals surface area (Å²) in [4.78, 5) is 12.0. The number of hydrogen-bond donors (Lipinski definition) is 2. The van der Waals surface area contributed by atoms with Crippen LogP contribution in [0.5, 0.6) is 23.0 Å². The zero-order valence-electron chi connectivity index (χ0n) is 18.1. The summed E-state index contributed by atoms with van der Waals surface area (Å²) in [7, 11) is 4.56. The van der Waals surface area contributed by atoms with E-state index < -0.39 is 23.6 Å². The van der Waals surface area contributed by atoms with Crippen molar-refractivity contribution in [3.63, 3.8) is 0 Å². The highest BCUT2D eigenvalue weighted by atomic mass is 16.6. The molecule has 1 fully saturated rings. The molecule has 0 saturated carbocycles. The molecule has 31 heavy (non-hydrogen) atoms. The largest absolute Gasteiger partial charge is 0.504 e. The summed E-state index contributed by atoms with van der Waals surface area (Å²) in [5.41, 5.74) is 0.445. The van der Waals surface area contributed by atoms with Gasteiger partial charge in [0.1, 0.15) is 5.60 Å². The lowest BCUT2D eigenvalue weighted by molar-refractivity contribution is -0.162. The van der Waals surface area contributed by atoms with Crippen molar-refractivity contribution in [1.29, 1.82) is 0 Å². The summed E-state index contributed by atoms with van der Waals surface area (Å²) in [5.74, 6) is 0.430. The van der Waals surface area contributed by atoms with Crippen molar-refractivity contribution in [2.45, 2.75) is 25.0 Å². The molecule has 0 aromatic heterocycles.